The van der Waals surface area contributed by atoms with Crippen LogP contribution < -0.4 is 16.0 Å². The number of nitrogens with one attached hydrogen (secondary N) is 3. The van der Waals surface area contributed by atoms with Crippen LogP contribution in [0.5, 0.6) is 0 Å². The number of fused-ring (bicyclic) bond motifs is 1. The van der Waals surface area contributed by atoms with Crippen molar-refractivity contribution >= 4 is 0 Å². The fourth-order valence-corrected chi connectivity index (χ4v) is 2.95. The fourth-order valence-electron chi connectivity index (χ4n) is 2.95. The van der Waals surface area contributed by atoms with E-state index >= 15 is 0 Å². The summed E-state index contributed by atoms with van der Waals surface area (Å²) in [6, 6.07) is 9.16. The van der Waals surface area contributed by atoms with Gasteiger partial charge < -0.3 is 16.0 Å². The van der Waals surface area contributed by atoms with Gasteiger partial charge in [-0.25, -0.2) is 0 Å². The highest BCUT2D eigenvalue weighted by Crippen LogP contribution is 2.30. The second-order valence-electron chi connectivity index (χ2n) is 5.49. The van der Waals surface area contributed by atoms with Crippen molar-refractivity contribution in [3.05, 3.63) is 46.7 Å². The van der Waals surface area contributed by atoms with Gasteiger partial charge in [-0.3, -0.25) is 0 Å². The third-order valence-electron chi connectivity index (χ3n) is 4.18. The summed E-state index contributed by atoms with van der Waals surface area (Å²) in [5.74, 6) is 0. The third kappa shape index (κ3) is 2.67. The molecule has 1 aliphatic heterocycles. The van der Waals surface area contributed by atoms with E-state index in [0.29, 0.717) is 6.04 Å². The van der Waals surface area contributed by atoms with Gasteiger partial charge in [-0.05, 0) is 43.0 Å². The van der Waals surface area contributed by atoms with E-state index in [2.05, 4.69) is 40.2 Å². The molecule has 0 saturated heterocycles. The lowest BCUT2D eigenvalue weighted by atomic mass is 9.89. The third-order valence-corrected chi connectivity index (χ3v) is 4.18. The summed E-state index contributed by atoms with van der Waals surface area (Å²) in [7, 11) is 2.02. The molecule has 1 saturated carbocycles. The Morgan fingerprint density at radius 2 is 2.16 bits per heavy atom. The van der Waals surface area contributed by atoms with Crippen molar-refractivity contribution < 1.29 is 0 Å². The van der Waals surface area contributed by atoms with Crippen LogP contribution >= 0.6 is 0 Å². The Labute approximate surface area is 115 Å². The van der Waals surface area contributed by atoms with Crippen LogP contribution in [0.1, 0.15) is 36.4 Å². The summed E-state index contributed by atoms with van der Waals surface area (Å²) in [5.41, 5.74) is 5.90. The summed E-state index contributed by atoms with van der Waals surface area (Å²) in [6.45, 7) is 2.96. The van der Waals surface area contributed by atoms with E-state index in [1.54, 1.807) is 5.57 Å². The average molecular weight is 257 g/mol. The largest absolute Gasteiger partial charge is 0.379 e. The highest BCUT2D eigenvalue weighted by Gasteiger charge is 2.22. The Morgan fingerprint density at radius 1 is 1.32 bits per heavy atom. The molecule has 1 fully saturated rings. The molecular weight excluding hydrogens is 234 g/mol. The van der Waals surface area contributed by atoms with Crippen LogP contribution in [0.3, 0.4) is 0 Å². The van der Waals surface area contributed by atoms with Gasteiger partial charge in [-0.2, -0.15) is 0 Å². The molecule has 1 heterocycles. The molecule has 1 atom stereocenters. The van der Waals surface area contributed by atoms with E-state index in [1.807, 2.05) is 7.05 Å². The van der Waals surface area contributed by atoms with Crippen LogP contribution in [0.4, 0.5) is 0 Å². The van der Waals surface area contributed by atoms with Crippen LogP contribution in [-0.2, 0) is 6.54 Å². The number of hydrogen-bond acceptors (Lipinski definition) is 3. The molecule has 1 aromatic rings. The molecule has 0 spiro atoms. The topological polar surface area (TPSA) is 36.1 Å². The summed E-state index contributed by atoms with van der Waals surface area (Å²) >= 11 is 0. The first kappa shape index (κ1) is 12.7. The van der Waals surface area contributed by atoms with Gasteiger partial charge in [0, 0.05) is 25.3 Å². The van der Waals surface area contributed by atoms with E-state index in [-0.39, 0.29) is 0 Å². The lowest BCUT2D eigenvalue weighted by Gasteiger charge is -2.31. The van der Waals surface area contributed by atoms with Gasteiger partial charge in [0.2, 0.25) is 0 Å². The van der Waals surface area contributed by atoms with E-state index in [0.717, 1.165) is 19.6 Å². The lowest BCUT2D eigenvalue weighted by Crippen LogP contribution is -2.38. The number of allylic oxidation sites excluding steroid dienone is 1. The minimum atomic E-state index is 0.404. The minimum absolute atomic E-state index is 0.404. The zero-order valence-corrected chi connectivity index (χ0v) is 11.6. The van der Waals surface area contributed by atoms with Crippen molar-refractivity contribution in [3.63, 3.8) is 0 Å². The number of rotatable bonds is 4. The van der Waals surface area contributed by atoms with Gasteiger partial charge in [0.25, 0.3) is 0 Å². The van der Waals surface area contributed by atoms with Gasteiger partial charge in [0.1, 0.15) is 0 Å². The lowest BCUT2D eigenvalue weighted by molar-refractivity contribution is 0.478. The first-order valence-corrected chi connectivity index (χ1v) is 7.29. The van der Waals surface area contributed by atoms with Crippen molar-refractivity contribution in [3.8, 4) is 0 Å². The molecule has 0 radical (unpaired) electrons. The van der Waals surface area contributed by atoms with Gasteiger partial charge in [-0.15, -0.1) is 0 Å². The Balaban J connectivity index is 1.80. The maximum absolute atomic E-state index is 3.77. The highest BCUT2D eigenvalue weighted by atomic mass is 15.0. The predicted octanol–water partition coefficient (Wildman–Crippen LogP) is 2.08. The van der Waals surface area contributed by atoms with Crippen molar-refractivity contribution in [2.75, 3.05) is 20.1 Å². The van der Waals surface area contributed by atoms with E-state index < -0.39 is 0 Å². The van der Waals surface area contributed by atoms with Gasteiger partial charge >= 0.3 is 0 Å². The van der Waals surface area contributed by atoms with Gasteiger partial charge in [-0.1, -0.05) is 24.3 Å². The second kappa shape index (κ2) is 5.76. The zero-order valence-electron chi connectivity index (χ0n) is 11.6. The van der Waals surface area contributed by atoms with E-state index in [1.165, 1.54) is 36.1 Å². The molecule has 0 bridgehead atoms. The van der Waals surface area contributed by atoms with Crippen LogP contribution in [-0.4, -0.2) is 20.1 Å². The molecule has 0 aromatic heterocycles. The van der Waals surface area contributed by atoms with Crippen molar-refractivity contribution in [1.82, 2.24) is 16.0 Å². The second-order valence-corrected chi connectivity index (χ2v) is 5.49. The van der Waals surface area contributed by atoms with Crippen LogP contribution in [0.2, 0.25) is 0 Å². The zero-order chi connectivity index (χ0) is 13.1. The van der Waals surface area contributed by atoms with Crippen LogP contribution in [0.25, 0.3) is 0 Å². The minimum Gasteiger partial charge on any atom is -0.379 e. The number of likely N-dealkylation sites (N-methyl/N-ethyl adjacent to an activating group) is 1. The molecular formula is C16H23N3. The summed E-state index contributed by atoms with van der Waals surface area (Å²) < 4.78 is 0. The van der Waals surface area contributed by atoms with Gasteiger partial charge in [0.05, 0.1) is 6.04 Å². The monoisotopic (exact) mass is 257 g/mol. The smallest absolute Gasteiger partial charge is 0.0639 e. The number of hydrogen-bond donors (Lipinski definition) is 3. The van der Waals surface area contributed by atoms with Gasteiger partial charge in [0.15, 0.2) is 0 Å². The average Bonchev–Trinajstić information content (AvgIpc) is 2.37. The van der Waals surface area contributed by atoms with Crippen molar-refractivity contribution in [2.45, 2.75) is 31.8 Å². The summed E-state index contributed by atoms with van der Waals surface area (Å²) in [4.78, 5) is 0. The Hall–Kier alpha value is -1.32. The van der Waals surface area contributed by atoms with Crippen molar-refractivity contribution in [2.24, 2.45) is 0 Å². The summed E-state index contributed by atoms with van der Waals surface area (Å²) in [6.07, 6.45) is 3.89. The molecule has 19 heavy (non-hydrogen) atoms. The standard InChI is InChI=1S/C16H23N3/c1-17-10-15(12-6-4-7-12)19-16-11-18-9-13-5-2-3-8-14(13)16/h2-3,5,8,16-19H,4,6-7,9-11H2,1H3. The maximum atomic E-state index is 3.77. The van der Waals surface area contributed by atoms with E-state index in [9.17, 15) is 0 Å². The molecule has 2 aliphatic rings. The van der Waals surface area contributed by atoms with Crippen LogP contribution in [0, 0.1) is 0 Å². The first-order chi connectivity index (χ1) is 9.38. The Kier molecular flexibility index (Phi) is 3.85. The molecule has 3 nitrogen and oxygen atoms in total. The van der Waals surface area contributed by atoms with Crippen LogP contribution in [0.15, 0.2) is 35.5 Å². The Bertz CT molecular complexity index is 473. The number of benzene rings is 1. The van der Waals surface area contributed by atoms with Crippen molar-refractivity contribution in [1.29, 1.82) is 0 Å². The molecule has 1 aromatic carbocycles. The molecule has 3 rings (SSSR count). The normalized spacial score (nSPS) is 21.5. The summed E-state index contributed by atoms with van der Waals surface area (Å²) in [5, 5.41) is 10.6. The molecule has 102 valence electrons. The van der Waals surface area contributed by atoms with E-state index in [4.69, 9.17) is 0 Å². The molecule has 3 N–H and O–H groups in total. The molecule has 1 aliphatic carbocycles. The Morgan fingerprint density at radius 3 is 2.89 bits per heavy atom. The fraction of sp³-hybridized carbons (Fsp3) is 0.500. The predicted molar refractivity (Wildman–Crippen MR) is 78.8 cm³/mol. The quantitative estimate of drug-likeness (QED) is 0.773. The first-order valence-electron chi connectivity index (χ1n) is 7.29. The SMILES string of the molecule is CNCC(NC1CNCc2ccccc21)=C1CCC1. The molecule has 3 heteroatoms. The molecule has 1 unspecified atom stereocenters. The molecule has 0 amide bonds. The highest BCUT2D eigenvalue weighted by molar-refractivity contribution is 5.33. The maximum Gasteiger partial charge on any atom is 0.0639 e.